The Morgan fingerprint density at radius 2 is 1.67 bits per heavy atom. The molecule has 0 unspecified atom stereocenters. The lowest BCUT2D eigenvalue weighted by molar-refractivity contribution is 0.295. The van der Waals surface area contributed by atoms with Crippen LogP contribution in [0.3, 0.4) is 0 Å². The van der Waals surface area contributed by atoms with Crippen LogP contribution in [0.15, 0.2) is 11.9 Å². The highest BCUT2D eigenvalue weighted by atomic mass is 19.1. The van der Waals surface area contributed by atoms with E-state index in [0.29, 0.717) is 5.92 Å². The van der Waals surface area contributed by atoms with Gasteiger partial charge in [-0.2, -0.15) is 5.26 Å². The van der Waals surface area contributed by atoms with Gasteiger partial charge in [-0.3, -0.25) is 0 Å². The van der Waals surface area contributed by atoms with Crippen molar-refractivity contribution in [3.05, 3.63) is 11.9 Å². The lowest BCUT2D eigenvalue weighted by Crippen LogP contribution is -2.15. The number of allylic oxidation sites excluding steroid dienone is 2. The summed E-state index contributed by atoms with van der Waals surface area (Å²) in [5, 5.41) is 8.84. The summed E-state index contributed by atoms with van der Waals surface area (Å²) in [6, 6.07) is 2.31. The molecule has 0 aromatic heterocycles. The molecule has 0 radical (unpaired) electrons. The predicted molar refractivity (Wildman–Crippen MR) is 71.4 cm³/mol. The molecule has 0 amide bonds. The van der Waals surface area contributed by atoms with Gasteiger partial charge in [-0.05, 0) is 56.4 Å². The second-order valence-electron chi connectivity index (χ2n) is 6.25. The zero-order valence-corrected chi connectivity index (χ0v) is 11.4. The summed E-state index contributed by atoms with van der Waals surface area (Å²) in [7, 11) is 0. The maximum atomic E-state index is 14.2. The van der Waals surface area contributed by atoms with Crippen LogP contribution in [0.1, 0.15) is 58.3 Å². The Morgan fingerprint density at radius 1 is 1.06 bits per heavy atom. The van der Waals surface area contributed by atoms with Gasteiger partial charge in [-0.25, -0.2) is 4.39 Å². The SMILES string of the molecule is CC1CCC(C=C(F)C2CCC(C#N)CC2)CC1. The fraction of sp³-hybridized carbons (Fsp3) is 0.812. The predicted octanol–water partition coefficient (Wildman–Crippen LogP) is 5.00. The Bertz CT molecular complexity index is 325. The van der Waals surface area contributed by atoms with E-state index >= 15 is 0 Å². The van der Waals surface area contributed by atoms with E-state index in [1.165, 1.54) is 12.8 Å². The Kier molecular flexibility index (Phi) is 4.80. The van der Waals surface area contributed by atoms with Crippen LogP contribution in [0.2, 0.25) is 0 Å². The van der Waals surface area contributed by atoms with Gasteiger partial charge >= 0.3 is 0 Å². The van der Waals surface area contributed by atoms with Crippen molar-refractivity contribution in [3.8, 4) is 6.07 Å². The first-order chi connectivity index (χ1) is 8.69. The van der Waals surface area contributed by atoms with Gasteiger partial charge in [0, 0.05) is 11.8 Å². The van der Waals surface area contributed by atoms with Gasteiger partial charge in [0.25, 0.3) is 0 Å². The third-order valence-electron chi connectivity index (χ3n) is 4.76. The first-order valence-electron chi connectivity index (χ1n) is 7.46. The van der Waals surface area contributed by atoms with Crippen molar-refractivity contribution in [1.82, 2.24) is 0 Å². The second-order valence-corrected chi connectivity index (χ2v) is 6.25. The maximum absolute atomic E-state index is 14.2. The quantitative estimate of drug-likeness (QED) is 0.676. The first kappa shape index (κ1) is 13.6. The molecule has 0 aromatic rings. The van der Waals surface area contributed by atoms with Gasteiger partial charge in [0.05, 0.1) is 11.9 Å². The molecule has 0 N–H and O–H groups in total. The summed E-state index contributed by atoms with van der Waals surface area (Å²) in [5.74, 6) is 1.68. The summed E-state index contributed by atoms with van der Waals surface area (Å²) in [4.78, 5) is 0. The van der Waals surface area contributed by atoms with Crippen molar-refractivity contribution in [3.63, 3.8) is 0 Å². The summed E-state index contributed by atoms with van der Waals surface area (Å²) in [6.45, 7) is 2.29. The number of nitrogens with zero attached hydrogens (tertiary/aromatic N) is 1. The van der Waals surface area contributed by atoms with Gasteiger partial charge in [-0.15, -0.1) is 0 Å². The van der Waals surface area contributed by atoms with Crippen molar-refractivity contribution in [2.24, 2.45) is 23.7 Å². The molecule has 2 rings (SSSR count). The lowest BCUT2D eigenvalue weighted by Gasteiger charge is -2.26. The van der Waals surface area contributed by atoms with Crippen LogP contribution >= 0.6 is 0 Å². The molecule has 2 aliphatic rings. The van der Waals surface area contributed by atoms with Crippen molar-refractivity contribution < 1.29 is 4.39 Å². The van der Waals surface area contributed by atoms with E-state index in [2.05, 4.69) is 13.0 Å². The smallest absolute Gasteiger partial charge is 0.0993 e. The molecular weight excluding hydrogens is 225 g/mol. The molecule has 0 atom stereocenters. The highest BCUT2D eigenvalue weighted by molar-refractivity contribution is 5.04. The number of hydrogen-bond acceptors (Lipinski definition) is 1. The van der Waals surface area contributed by atoms with E-state index < -0.39 is 0 Å². The first-order valence-corrected chi connectivity index (χ1v) is 7.46. The van der Waals surface area contributed by atoms with Crippen molar-refractivity contribution in [2.45, 2.75) is 58.3 Å². The third-order valence-corrected chi connectivity index (χ3v) is 4.76. The minimum absolute atomic E-state index is 0.106. The van der Waals surface area contributed by atoms with Crippen molar-refractivity contribution in [1.29, 1.82) is 5.26 Å². The monoisotopic (exact) mass is 249 g/mol. The molecule has 100 valence electrons. The molecule has 0 bridgehead atoms. The largest absolute Gasteiger partial charge is 0.212 e. The number of rotatable bonds is 2. The topological polar surface area (TPSA) is 23.8 Å². The van der Waals surface area contributed by atoms with Gasteiger partial charge in [0.2, 0.25) is 0 Å². The summed E-state index contributed by atoms with van der Waals surface area (Å²) < 4.78 is 14.2. The Labute approximate surface area is 110 Å². The van der Waals surface area contributed by atoms with Crippen molar-refractivity contribution in [2.75, 3.05) is 0 Å². The van der Waals surface area contributed by atoms with Crippen LogP contribution in [0.5, 0.6) is 0 Å². The summed E-state index contributed by atoms with van der Waals surface area (Å²) >= 11 is 0. The van der Waals surface area contributed by atoms with Crippen LogP contribution in [-0.2, 0) is 0 Å². The maximum Gasteiger partial charge on any atom is 0.0993 e. The Balaban J connectivity index is 1.84. The minimum atomic E-state index is 0.106. The molecule has 0 aromatic carbocycles. The standard InChI is InChI=1S/C16H24FN/c1-12-2-4-13(5-3-12)10-16(17)15-8-6-14(11-18)7-9-15/h10,12-15H,2-9H2,1H3. The molecule has 1 nitrogen and oxygen atoms in total. The van der Waals surface area contributed by atoms with Crippen molar-refractivity contribution >= 4 is 0 Å². The lowest BCUT2D eigenvalue weighted by atomic mass is 9.79. The van der Waals surface area contributed by atoms with Crippen LogP contribution in [0, 0.1) is 35.0 Å². The molecule has 2 heteroatoms. The number of hydrogen-bond donors (Lipinski definition) is 0. The zero-order chi connectivity index (χ0) is 13.0. The van der Waals surface area contributed by atoms with E-state index in [1.807, 2.05) is 6.08 Å². The molecule has 0 heterocycles. The summed E-state index contributed by atoms with van der Waals surface area (Å²) in [5.41, 5.74) is 0. The van der Waals surface area contributed by atoms with Gasteiger partial charge in [-0.1, -0.05) is 19.8 Å². The highest BCUT2D eigenvalue weighted by Crippen LogP contribution is 2.36. The van der Waals surface area contributed by atoms with Crippen LogP contribution in [0.25, 0.3) is 0 Å². The van der Waals surface area contributed by atoms with E-state index in [1.54, 1.807) is 0 Å². The van der Waals surface area contributed by atoms with Gasteiger partial charge in [0.1, 0.15) is 0 Å². The van der Waals surface area contributed by atoms with E-state index in [9.17, 15) is 4.39 Å². The summed E-state index contributed by atoms with van der Waals surface area (Å²) in [6.07, 6.45) is 10.2. The molecule has 2 fully saturated rings. The highest BCUT2D eigenvalue weighted by Gasteiger charge is 2.25. The average Bonchev–Trinajstić information content (AvgIpc) is 2.41. The van der Waals surface area contributed by atoms with E-state index in [-0.39, 0.29) is 17.7 Å². The molecule has 0 aliphatic heterocycles. The Morgan fingerprint density at radius 3 is 2.22 bits per heavy atom. The Hall–Kier alpha value is -0.840. The number of nitriles is 1. The van der Waals surface area contributed by atoms with E-state index in [4.69, 9.17) is 5.26 Å². The number of halogens is 1. The fourth-order valence-electron chi connectivity index (χ4n) is 3.31. The van der Waals surface area contributed by atoms with E-state index in [0.717, 1.165) is 44.4 Å². The molecule has 18 heavy (non-hydrogen) atoms. The molecule has 2 aliphatic carbocycles. The minimum Gasteiger partial charge on any atom is -0.212 e. The van der Waals surface area contributed by atoms with Crippen LogP contribution in [0.4, 0.5) is 4.39 Å². The third kappa shape index (κ3) is 3.57. The molecule has 0 spiro atoms. The van der Waals surface area contributed by atoms with Gasteiger partial charge < -0.3 is 0 Å². The zero-order valence-electron chi connectivity index (χ0n) is 11.4. The molecule has 2 saturated carbocycles. The molecule has 0 saturated heterocycles. The van der Waals surface area contributed by atoms with Crippen LogP contribution < -0.4 is 0 Å². The molecular formula is C16H24FN. The second kappa shape index (κ2) is 6.36. The van der Waals surface area contributed by atoms with Crippen LogP contribution in [-0.4, -0.2) is 0 Å². The average molecular weight is 249 g/mol. The normalized spacial score (nSPS) is 38.2. The fourth-order valence-corrected chi connectivity index (χ4v) is 3.31. The van der Waals surface area contributed by atoms with Gasteiger partial charge in [0.15, 0.2) is 0 Å².